The van der Waals surface area contributed by atoms with Crippen LogP contribution in [0.2, 0.25) is 0 Å². The van der Waals surface area contributed by atoms with E-state index in [1.165, 1.54) is 19.3 Å². The number of carbonyl (C=O) groups is 1. The predicted molar refractivity (Wildman–Crippen MR) is 115 cm³/mol. The zero-order valence-corrected chi connectivity index (χ0v) is 17.6. The van der Waals surface area contributed by atoms with Crippen LogP contribution in [0.5, 0.6) is 0 Å². The number of carbonyl (C=O) groups excluding carboxylic acids is 1. The maximum atomic E-state index is 12.4. The van der Waals surface area contributed by atoms with Crippen molar-refractivity contribution in [3.05, 3.63) is 65.7 Å². The van der Waals surface area contributed by atoms with Crippen LogP contribution in [0.15, 0.2) is 59.5 Å². The molecule has 0 aromatic heterocycles. The Morgan fingerprint density at radius 1 is 0.862 bits per heavy atom. The summed E-state index contributed by atoms with van der Waals surface area (Å²) in [4.78, 5) is 12.4. The zero-order chi connectivity index (χ0) is 20.5. The van der Waals surface area contributed by atoms with Gasteiger partial charge in [0, 0.05) is 19.0 Å². The van der Waals surface area contributed by atoms with Gasteiger partial charge in [-0.05, 0) is 48.9 Å². The van der Waals surface area contributed by atoms with Crippen molar-refractivity contribution in [3.63, 3.8) is 0 Å². The fraction of sp³-hybridized carbons (Fsp3) is 0.435. The van der Waals surface area contributed by atoms with Crippen LogP contribution in [0.1, 0.15) is 49.7 Å². The van der Waals surface area contributed by atoms with E-state index in [0.717, 1.165) is 24.0 Å². The van der Waals surface area contributed by atoms with Crippen LogP contribution in [0, 0.1) is 0 Å². The lowest BCUT2D eigenvalue weighted by molar-refractivity contribution is -0.121. The van der Waals surface area contributed by atoms with Gasteiger partial charge in [0.2, 0.25) is 15.9 Å². The van der Waals surface area contributed by atoms with Gasteiger partial charge in [-0.1, -0.05) is 61.7 Å². The highest BCUT2D eigenvalue weighted by molar-refractivity contribution is 7.89. The van der Waals surface area contributed by atoms with Crippen LogP contribution in [0.3, 0.4) is 0 Å². The first-order valence-corrected chi connectivity index (χ1v) is 11.9. The Kier molecular flexibility index (Phi) is 7.83. The van der Waals surface area contributed by atoms with Crippen molar-refractivity contribution in [2.45, 2.75) is 62.3 Å². The topological polar surface area (TPSA) is 75.3 Å². The second kappa shape index (κ2) is 10.6. The molecular formula is C23H30N2O3S. The molecule has 3 rings (SSSR count). The van der Waals surface area contributed by atoms with Crippen LogP contribution in [0.4, 0.5) is 0 Å². The van der Waals surface area contributed by atoms with Crippen molar-refractivity contribution in [1.82, 2.24) is 10.0 Å². The lowest BCUT2D eigenvalue weighted by atomic mass is 9.95. The first-order chi connectivity index (χ1) is 14.0. The highest BCUT2D eigenvalue weighted by Crippen LogP contribution is 2.18. The van der Waals surface area contributed by atoms with Crippen molar-refractivity contribution in [2.75, 3.05) is 6.54 Å². The van der Waals surface area contributed by atoms with Gasteiger partial charge in [-0.15, -0.1) is 0 Å². The first kappa shape index (κ1) is 21.5. The van der Waals surface area contributed by atoms with Gasteiger partial charge in [0.05, 0.1) is 4.90 Å². The summed E-state index contributed by atoms with van der Waals surface area (Å²) in [7, 11) is -3.53. The van der Waals surface area contributed by atoms with Crippen LogP contribution in [0.25, 0.3) is 0 Å². The van der Waals surface area contributed by atoms with Gasteiger partial charge < -0.3 is 5.32 Å². The van der Waals surface area contributed by atoms with Gasteiger partial charge in [0.1, 0.15) is 0 Å². The molecule has 0 radical (unpaired) electrons. The van der Waals surface area contributed by atoms with E-state index in [1.807, 2.05) is 30.3 Å². The summed E-state index contributed by atoms with van der Waals surface area (Å²) in [5.74, 6) is 0.0798. The zero-order valence-electron chi connectivity index (χ0n) is 16.8. The van der Waals surface area contributed by atoms with E-state index in [2.05, 4.69) is 10.0 Å². The van der Waals surface area contributed by atoms with Crippen LogP contribution in [-0.2, 0) is 27.7 Å². The van der Waals surface area contributed by atoms with Crippen molar-refractivity contribution in [2.24, 2.45) is 0 Å². The van der Waals surface area contributed by atoms with Gasteiger partial charge in [-0.25, -0.2) is 13.1 Å². The van der Waals surface area contributed by atoms with Gasteiger partial charge in [0.15, 0.2) is 0 Å². The van der Waals surface area contributed by atoms with Crippen molar-refractivity contribution in [3.8, 4) is 0 Å². The monoisotopic (exact) mass is 414 g/mol. The SMILES string of the molecule is O=C(CCc1ccc(S(=O)(=O)NCCc2ccccc2)cc1)NC1CCCCC1. The van der Waals surface area contributed by atoms with E-state index in [9.17, 15) is 13.2 Å². The predicted octanol–water partition coefficient (Wildman–Crippen LogP) is 3.59. The second-order valence-corrected chi connectivity index (χ2v) is 9.45. The highest BCUT2D eigenvalue weighted by Gasteiger charge is 2.16. The molecule has 2 N–H and O–H groups in total. The van der Waals surface area contributed by atoms with E-state index in [0.29, 0.717) is 31.8 Å². The van der Waals surface area contributed by atoms with Gasteiger partial charge >= 0.3 is 0 Å². The summed E-state index contributed by atoms with van der Waals surface area (Å²) < 4.78 is 27.5. The summed E-state index contributed by atoms with van der Waals surface area (Å²) in [6, 6.07) is 16.9. The summed E-state index contributed by atoms with van der Waals surface area (Å²) in [6.45, 7) is 0.357. The number of rotatable bonds is 9. The number of hydrogen-bond donors (Lipinski definition) is 2. The quantitative estimate of drug-likeness (QED) is 0.658. The summed E-state index contributed by atoms with van der Waals surface area (Å²) in [5, 5.41) is 3.12. The Hall–Kier alpha value is -2.18. The van der Waals surface area contributed by atoms with E-state index >= 15 is 0 Å². The summed E-state index contributed by atoms with van der Waals surface area (Å²) >= 11 is 0. The van der Waals surface area contributed by atoms with Crippen molar-refractivity contribution in [1.29, 1.82) is 0 Å². The number of benzene rings is 2. The molecule has 2 aromatic carbocycles. The molecule has 6 heteroatoms. The summed E-state index contributed by atoms with van der Waals surface area (Å²) in [5.41, 5.74) is 2.06. The fourth-order valence-corrected chi connectivity index (χ4v) is 4.73. The number of sulfonamides is 1. The third kappa shape index (κ3) is 6.98. The second-order valence-electron chi connectivity index (χ2n) is 7.68. The average molecular weight is 415 g/mol. The molecule has 156 valence electrons. The Morgan fingerprint density at radius 2 is 1.52 bits per heavy atom. The molecule has 1 aliphatic rings. The standard InChI is InChI=1S/C23H30N2O3S/c26-23(25-21-9-5-2-6-10-21)16-13-20-11-14-22(15-12-20)29(27,28)24-18-17-19-7-3-1-4-8-19/h1,3-4,7-8,11-12,14-15,21,24H,2,5-6,9-10,13,16-18H2,(H,25,26). The molecule has 0 heterocycles. The Morgan fingerprint density at radius 3 is 2.21 bits per heavy atom. The minimum atomic E-state index is -3.53. The number of nitrogens with one attached hydrogen (secondary N) is 2. The molecule has 0 aliphatic heterocycles. The fourth-order valence-electron chi connectivity index (χ4n) is 3.70. The Labute approximate surface area is 174 Å². The van der Waals surface area contributed by atoms with Crippen molar-refractivity contribution >= 4 is 15.9 Å². The van der Waals surface area contributed by atoms with E-state index in [4.69, 9.17) is 0 Å². The van der Waals surface area contributed by atoms with Crippen LogP contribution < -0.4 is 10.0 Å². The van der Waals surface area contributed by atoms with E-state index < -0.39 is 10.0 Å². The highest BCUT2D eigenvalue weighted by atomic mass is 32.2. The largest absolute Gasteiger partial charge is 0.353 e. The normalized spacial score (nSPS) is 15.2. The Balaban J connectivity index is 1.45. The molecule has 0 spiro atoms. The molecule has 0 saturated heterocycles. The van der Waals surface area contributed by atoms with Crippen LogP contribution >= 0.6 is 0 Å². The third-order valence-corrected chi connectivity index (χ3v) is 6.87. The first-order valence-electron chi connectivity index (χ1n) is 10.4. The maximum absolute atomic E-state index is 12.4. The molecule has 0 bridgehead atoms. The molecule has 2 aromatic rings. The van der Waals surface area contributed by atoms with E-state index in [1.54, 1.807) is 24.3 Å². The van der Waals surface area contributed by atoms with Crippen LogP contribution in [-0.4, -0.2) is 26.9 Å². The molecule has 0 atom stereocenters. The van der Waals surface area contributed by atoms with Gasteiger partial charge in [-0.2, -0.15) is 0 Å². The number of amides is 1. The lowest BCUT2D eigenvalue weighted by Gasteiger charge is -2.22. The molecule has 1 saturated carbocycles. The molecule has 1 aliphatic carbocycles. The molecule has 1 amide bonds. The maximum Gasteiger partial charge on any atom is 0.240 e. The van der Waals surface area contributed by atoms with E-state index in [-0.39, 0.29) is 10.8 Å². The molecule has 29 heavy (non-hydrogen) atoms. The van der Waals surface area contributed by atoms with Crippen molar-refractivity contribution < 1.29 is 13.2 Å². The Bertz CT molecular complexity index is 874. The third-order valence-electron chi connectivity index (χ3n) is 5.39. The van der Waals surface area contributed by atoms with Gasteiger partial charge in [-0.3, -0.25) is 4.79 Å². The molecule has 0 unspecified atom stereocenters. The summed E-state index contributed by atoms with van der Waals surface area (Å²) in [6.07, 6.45) is 7.50. The molecule has 5 nitrogen and oxygen atoms in total. The molecular weight excluding hydrogens is 384 g/mol. The minimum Gasteiger partial charge on any atom is -0.353 e. The number of hydrogen-bond acceptors (Lipinski definition) is 3. The number of aryl methyl sites for hydroxylation is 1. The smallest absolute Gasteiger partial charge is 0.240 e. The lowest BCUT2D eigenvalue weighted by Crippen LogP contribution is -2.36. The van der Waals surface area contributed by atoms with Gasteiger partial charge in [0.25, 0.3) is 0 Å². The minimum absolute atomic E-state index is 0.0798. The molecule has 1 fully saturated rings. The average Bonchev–Trinajstić information content (AvgIpc) is 2.74.